The number of benzene rings is 1. The molecule has 2 atom stereocenters. The fourth-order valence-corrected chi connectivity index (χ4v) is 3.56. The number of carbonyl (C=O) groups excluding carboxylic acids is 2. The van der Waals surface area contributed by atoms with Crippen LogP contribution < -0.4 is 10.2 Å². The Morgan fingerprint density at radius 1 is 1.17 bits per heavy atom. The Kier molecular flexibility index (Phi) is 4.83. The van der Waals surface area contributed by atoms with E-state index < -0.39 is 30.2 Å². The van der Waals surface area contributed by atoms with Crippen LogP contribution >= 0.6 is 0 Å². The highest BCUT2D eigenvalue weighted by Crippen LogP contribution is 2.36. The second kappa shape index (κ2) is 6.87. The SMILES string of the molecule is O=C(N[C@H]1CCCN(c2ccccc2)C1=O)[C@@H]1CCCC(F)(F)C1. The summed E-state index contributed by atoms with van der Waals surface area (Å²) in [5.41, 5.74) is 0.797. The molecule has 4 nitrogen and oxygen atoms in total. The third-order valence-corrected chi connectivity index (χ3v) is 4.83. The summed E-state index contributed by atoms with van der Waals surface area (Å²) in [7, 11) is 0. The van der Waals surface area contributed by atoms with E-state index in [-0.39, 0.29) is 12.3 Å². The molecule has 2 fully saturated rings. The van der Waals surface area contributed by atoms with Crippen molar-refractivity contribution in [3.8, 4) is 0 Å². The first-order valence-corrected chi connectivity index (χ1v) is 8.51. The van der Waals surface area contributed by atoms with Crippen molar-refractivity contribution >= 4 is 17.5 Å². The van der Waals surface area contributed by atoms with Crippen molar-refractivity contribution < 1.29 is 18.4 Å². The first-order chi connectivity index (χ1) is 11.5. The Bertz CT molecular complexity index is 606. The van der Waals surface area contributed by atoms with Crippen LogP contribution in [0.3, 0.4) is 0 Å². The fraction of sp³-hybridized carbons (Fsp3) is 0.556. The lowest BCUT2D eigenvalue weighted by molar-refractivity contribution is -0.135. The van der Waals surface area contributed by atoms with Gasteiger partial charge in [-0.15, -0.1) is 0 Å². The van der Waals surface area contributed by atoms with Gasteiger partial charge in [-0.1, -0.05) is 18.2 Å². The lowest BCUT2D eigenvalue weighted by Gasteiger charge is -2.34. The highest BCUT2D eigenvalue weighted by atomic mass is 19.3. The highest BCUT2D eigenvalue weighted by molar-refractivity contribution is 6.00. The topological polar surface area (TPSA) is 49.4 Å². The molecule has 130 valence electrons. The van der Waals surface area contributed by atoms with E-state index in [0.717, 1.165) is 12.1 Å². The molecule has 1 saturated heterocycles. The van der Waals surface area contributed by atoms with E-state index in [4.69, 9.17) is 0 Å². The summed E-state index contributed by atoms with van der Waals surface area (Å²) in [6.07, 6.45) is 1.57. The van der Waals surface area contributed by atoms with Crippen molar-refractivity contribution in [2.45, 2.75) is 50.5 Å². The number of amides is 2. The van der Waals surface area contributed by atoms with Gasteiger partial charge >= 0.3 is 0 Å². The van der Waals surface area contributed by atoms with Gasteiger partial charge in [0.2, 0.25) is 17.7 Å². The first kappa shape index (κ1) is 16.9. The predicted octanol–water partition coefficient (Wildman–Crippen LogP) is 3.12. The Hall–Kier alpha value is -1.98. The summed E-state index contributed by atoms with van der Waals surface area (Å²) < 4.78 is 27.0. The van der Waals surface area contributed by atoms with Crippen molar-refractivity contribution in [2.24, 2.45) is 5.92 Å². The van der Waals surface area contributed by atoms with Crippen molar-refractivity contribution in [3.05, 3.63) is 30.3 Å². The molecule has 1 aliphatic carbocycles. The second-order valence-electron chi connectivity index (χ2n) is 6.68. The standard InChI is InChI=1S/C18H22F2N2O2/c19-18(20)10-4-6-13(12-18)16(23)21-15-9-5-11-22(17(15)24)14-7-2-1-3-8-14/h1-3,7-8,13,15H,4-6,9-12H2,(H,21,23)/t13-,15+/m1/s1. The Morgan fingerprint density at radius 2 is 1.92 bits per heavy atom. The summed E-state index contributed by atoms with van der Waals surface area (Å²) in [6, 6.07) is 8.67. The van der Waals surface area contributed by atoms with E-state index in [9.17, 15) is 18.4 Å². The Morgan fingerprint density at radius 3 is 2.62 bits per heavy atom. The predicted molar refractivity (Wildman–Crippen MR) is 86.9 cm³/mol. The van der Waals surface area contributed by atoms with Gasteiger partial charge in [-0.05, 0) is 37.8 Å². The zero-order chi connectivity index (χ0) is 17.2. The number of carbonyl (C=O) groups is 2. The smallest absolute Gasteiger partial charge is 0.249 e. The number of anilines is 1. The summed E-state index contributed by atoms with van der Waals surface area (Å²) in [4.78, 5) is 26.6. The molecule has 1 aromatic carbocycles. The molecule has 2 amide bonds. The Labute approximate surface area is 140 Å². The van der Waals surface area contributed by atoms with Crippen LogP contribution in [0.5, 0.6) is 0 Å². The zero-order valence-corrected chi connectivity index (χ0v) is 13.5. The minimum Gasteiger partial charge on any atom is -0.344 e. The zero-order valence-electron chi connectivity index (χ0n) is 13.5. The van der Waals surface area contributed by atoms with Gasteiger partial charge in [0.1, 0.15) is 6.04 Å². The molecule has 1 N–H and O–H groups in total. The van der Waals surface area contributed by atoms with E-state index in [2.05, 4.69) is 5.32 Å². The van der Waals surface area contributed by atoms with Gasteiger partial charge in [0.25, 0.3) is 0 Å². The van der Waals surface area contributed by atoms with E-state index in [1.165, 1.54) is 0 Å². The molecule has 0 aromatic heterocycles. The third kappa shape index (κ3) is 3.74. The molecule has 0 unspecified atom stereocenters. The molecule has 0 bridgehead atoms. The van der Waals surface area contributed by atoms with Crippen LogP contribution in [0.1, 0.15) is 38.5 Å². The molecular formula is C18H22F2N2O2. The van der Waals surface area contributed by atoms with Crippen LogP contribution in [-0.4, -0.2) is 30.3 Å². The van der Waals surface area contributed by atoms with Crippen LogP contribution in [0, 0.1) is 5.92 Å². The number of nitrogens with one attached hydrogen (secondary N) is 1. The third-order valence-electron chi connectivity index (χ3n) is 4.83. The molecule has 1 heterocycles. The first-order valence-electron chi connectivity index (χ1n) is 8.51. The fourth-order valence-electron chi connectivity index (χ4n) is 3.56. The summed E-state index contributed by atoms with van der Waals surface area (Å²) in [6.45, 7) is 0.608. The molecular weight excluding hydrogens is 314 g/mol. The molecule has 1 saturated carbocycles. The van der Waals surface area contributed by atoms with Crippen LogP contribution in [-0.2, 0) is 9.59 Å². The second-order valence-corrected chi connectivity index (χ2v) is 6.68. The molecule has 0 radical (unpaired) electrons. The average Bonchev–Trinajstić information content (AvgIpc) is 2.56. The number of piperidine rings is 1. The summed E-state index contributed by atoms with van der Waals surface area (Å²) >= 11 is 0. The maximum atomic E-state index is 13.5. The molecule has 24 heavy (non-hydrogen) atoms. The quantitative estimate of drug-likeness (QED) is 0.922. The van der Waals surface area contributed by atoms with Gasteiger partial charge in [0, 0.05) is 31.0 Å². The number of rotatable bonds is 3. The van der Waals surface area contributed by atoms with Crippen LogP contribution in [0.25, 0.3) is 0 Å². The molecule has 1 aromatic rings. The van der Waals surface area contributed by atoms with Crippen LogP contribution in [0.2, 0.25) is 0 Å². The lowest BCUT2D eigenvalue weighted by atomic mass is 9.85. The van der Waals surface area contributed by atoms with E-state index in [1.807, 2.05) is 30.3 Å². The van der Waals surface area contributed by atoms with E-state index >= 15 is 0 Å². The van der Waals surface area contributed by atoms with Crippen LogP contribution in [0.4, 0.5) is 14.5 Å². The normalized spacial score (nSPS) is 26.9. The summed E-state index contributed by atoms with van der Waals surface area (Å²) in [5, 5.41) is 2.71. The van der Waals surface area contributed by atoms with Gasteiger partial charge in [-0.25, -0.2) is 8.78 Å². The van der Waals surface area contributed by atoms with Gasteiger partial charge in [-0.2, -0.15) is 0 Å². The van der Waals surface area contributed by atoms with E-state index in [0.29, 0.717) is 25.8 Å². The molecule has 6 heteroatoms. The van der Waals surface area contributed by atoms with E-state index in [1.54, 1.807) is 4.90 Å². The number of hydrogen-bond acceptors (Lipinski definition) is 2. The average molecular weight is 336 g/mol. The van der Waals surface area contributed by atoms with Gasteiger partial charge in [-0.3, -0.25) is 9.59 Å². The van der Waals surface area contributed by atoms with Crippen LogP contribution in [0.15, 0.2) is 30.3 Å². The largest absolute Gasteiger partial charge is 0.344 e. The highest BCUT2D eigenvalue weighted by Gasteiger charge is 2.40. The number of halogens is 2. The molecule has 2 aliphatic rings. The van der Waals surface area contributed by atoms with Gasteiger partial charge in [0.15, 0.2) is 0 Å². The van der Waals surface area contributed by atoms with Crippen molar-refractivity contribution in [1.82, 2.24) is 5.32 Å². The molecule has 0 spiro atoms. The monoisotopic (exact) mass is 336 g/mol. The number of hydrogen-bond donors (Lipinski definition) is 1. The van der Waals surface area contributed by atoms with Crippen molar-refractivity contribution in [2.75, 3.05) is 11.4 Å². The number of alkyl halides is 2. The maximum Gasteiger partial charge on any atom is 0.249 e. The van der Waals surface area contributed by atoms with Gasteiger partial charge < -0.3 is 10.2 Å². The number of nitrogens with zero attached hydrogens (tertiary/aromatic N) is 1. The van der Waals surface area contributed by atoms with Crippen molar-refractivity contribution in [1.29, 1.82) is 0 Å². The minimum absolute atomic E-state index is 0.152. The lowest BCUT2D eigenvalue weighted by Crippen LogP contribution is -2.54. The Balaban J connectivity index is 1.64. The van der Waals surface area contributed by atoms with Gasteiger partial charge in [0.05, 0.1) is 0 Å². The molecule has 1 aliphatic heterocycles. The minimum atomic E-state index is -2.77. The molecule has 3 rings (SSSR count). The summed E-state index contributed by atoms with van der Waals surface area (Å²) in [5.74, 6) is -4.05. The van der Waals surface area contributed by atoms with Crippen molar-refractivity contribution in [3.63, 3.8) is 0 Å². The number of para-hydroxylation sites is 1. The maximum absolute atomic E-state index is 13.5.